The van der Waals surface area contributed by atoms with Gasteiger partial charge in [-0.3, -0.25) is 0 Å². The van der Waals surface area contributed by atoms with Crippen LogP contribution in [0.2, 0.25) is 0 Å². The Balaban J connectivity index is 3.81. The second kappa shape index (κ2) is 5.88. The predicted molar refractivity (Wildman–Crippen MR) is 53.1 cm³/mol. The first-order valence-corrected chi connectivity index (χ1v) is 4.31. The molecule has 15 heavy (non-hydrogen) atoms. The summed E-state index contributed by atoms with van der Waals surface area (Å²) in [5, 5.41) is 22.4. The van der Waals surface area contributed by atoms with Crippen LogP contribution in [0.5, 0.6) is 0 Å². The highest BCUT2D eigenvalue weighted by Crippen LogP contribution is 2.00. The summed E-state index contributed by atoms with van der Waals surface area (Å²) in [7, 11) is 0. The third-order valence-corrected chi connectivity index (χ3v) is 1.61. The molecule has 0 saturated heterocycles. The molecule has 1 atom stereocenters. The molecule has 6 heteroatoms. The summed E-state index contributed by atoms with van der Waals surface area (Å²) in [4.78, 5) is 21.4. The van der Waals surface area contributed by atoms with Gasteiger partial charge in [0.1, 0.15) is 0 Å². The summed E-state index contributed by atoms with van der Waals surface area (Å²) in [5.74, 6) is 0.931. The van der Waals surface area contributed by atoms with Gasteiger partial charge in [0.15, 0.2) is 5.60 Å². The van der Waals surface area contributed by atoms with E-state index in [0.29, 0.717) is 13.0 Å². The maximum Gasteiger partial charge on any atom is 0.337 e. The number of rotatable bonds is 5. The van der Waals surface area contributed by atoms with E-state index in [-0.39, 0.29) is 6.54 Å². The highest BCUT2D eigenvalue weighted by molar-refractivity contribution is 5.79. The number of urea groups is 1. The van der Waals surface area contributed by atoms with E-state index < -0.39 is 17.6 Å². The van der Waals surface area contributed by atoms with Crippen LogP contribution in [0.25, 0.3) is 0 Å². The number of carbonyl (C=O) groups is 2. The third kappa shape index (κ3) is 5.54. The van der Waals surface area contributed by atoms with Gasteiger partial charge >= 0.3 is 12.0 Å². The Kier molecular flexibility index (Phi) is 5.20. The smallest absolute Gasteiger partial charge is 0.337 e. The minimum atomic E-state index is -1.97. The van der Waals surface area contributed by atoms with E-state index in [1.54, 1.807) is 0 Å². The van der Waals surface area contributed by atoms with Crippen LogP contribution >= 0.6 is 0 Å². The number of aliphatic carboxylic acids is 1. The molecule has 1 unspecified atom stereocenters. The molecule has 0 aliphatic carbocycles. The van der Waals surface area contributed by atoms with Crippen LogP contribution in [-0.4, -0.2) is 40.9 Å². The van der Waals surface area contributed by atoms with Crippen molar-refractivity contribution in [2.45, 2.75) is 18.9 Å². The van der Waals surface area contributed by atoms with Gasteiger partial charge in [-0.1, -0.05) is 0 Å². The summed E-state index contributed by atoms with van der Waals surface area (Å²) in [6, 6.07) is -0.563. The average Bonchev–Trinajstić information content (AvgIpc) is 2.15. The summed E-state index contributed by atoms with van der Waals surface area (Å²) >= 11 is 0. The summed E-state index contributed by atoms with van der Waals surface area (Å²) in [5.41, 5.74) is -1.97. The van der Waals surface area contributed by atoms with Crippen LogP contribution in [0.1, 0.15) is 13.3 Å². The van der Waals surface area contributed by atoms with Crippen LogP contribution < -0.4 is 10.6 Å². The predicted octanol–water partition coefficient (Wildman–Crippen LogP) is -0.855. The highest BCUT2D eigenvalue weighted by Gasteiger charge is 2.30. The maximum absolute atomic E-state index is 11.0. The molecule has 84 valence electrons. The maximum atomic E-state index is 11.0. The number of nitrogens with one attached hydrogen (secondary N) is 2. The number of carboxylic acid groups (broad SMARTS) is 1. The van der Waals surface area contributed by atoms with Crippen molar-refractivity contribution in [3.05, 3.63) is 0 Å². The first-order chi connectivity index (χ1) is 6.90. The van der Waals surface area contributed by atoms with E-state index in [4.69, 9.17) is 11.5 Å². The fraction of sp³-hybridized carbons (Fsp3) is 0.556. The molecule has 0 heterocycles. The molecule has 0 aromatic heterocycles. The number of amides is 2. The van der Waals surface area contributed by atoms with Crippen molar-refractivity contribution < 1.29 is 19.8 Å². The Morgan fingerprint density at radius 2 is 2.07 bits per heavy atom. The van der Waals surface area contributed by atoms with E-state index in [1.807, 2.05) is 0 Å². The van der Waals surface area contributed by atoms with Crippen molar-refractivity contribution in [1.82, 2.24) is 10.6 Å². The standard InChI is InChI=1S/C9H14N2O4/c1-3-4-5-10-8(14)11-6-9(2,15)7(12)13/h1,15H,4-6H2,2H3,(H,12,13)(H2,10,11,14). The van der Waals surface area contributed by atoms with Gasteiger partial charge in [-0.15, -0.1) is 12.3 Å². The normalized spacial score (nSPS) is 13.4. The molecule has 0 saturated carbocycles. The minimum absolute atomic E-state index is 0.303. The van der Waals surface area contributed by atoms with Gasteiger partial charge in [-0.05, 0) is 6.92 Å². The molecule has 0 rings (SSSR count). The van der Waals surface area contributed by atoms with Crippen molar-refractivity contribution in [3.63, 3.8) is 0 Å². The zero-order valence-electron chi connectivity index (χ0n) is 8.41. The summed E-state index contributed by atoms with van der Waals surface area (Å²) in [6.07, 6.45) is 5.35. The van der Waals surface area contributed by atoms with Crippen LogP contribution in [-0.2, 0) is 4.79 Å². The minimum Gasteiger partial charge on any atom is -0.479 e. The van der Waals surface area contributed by atoms with E-state index in [9.17, 15) is 14.7 Å². The molecule has 0 aliphatic rings. The number of hydrogen-bond acceptors (Lipinski definition) is 3. The van der Waals surface area contributed by atoms with Crippen molar-refractivity contribution in [2.75, 3.05) is 13.1 Å². The van der Waals surface area contributed by atoms with Gasteiger partial charge in [0.25, 0.3) is 0 Å². The van der Waals surface area contributed by atoms with Crippen LogP contribution in [0.3, 0.4) is 0 Å². The van der Waals surface area contributed by atoms with E-state index in [1.165, 1.54) is 0 Å². The number of terminal acetylenes is 1. The second-order valence-electron chi connectivity index (χ2n) is 3.14. The molecule has 4 N–H and O–H groups in total. The van der Waals surface area contributed by atoms with E-state index >= 15 is 0 Å². The molecule has 2 amide bonds. The van der Waals surface area contributed by atoms with Crippen molar-refractivity contribution >= 4 is 12.0 Å². The van der Waals surface area contributed by atoms with Crippen molar-refractivity contribution in [2.24, 2.45) is 0 Å². The first kappa shape index (κ1) is 13.3. The summed E-state index contributed by atoms with van der Waals surface area (Å²) < 4.78 is 0. The molecule has 0 aromatic carbocycles. The summed E-state index contributed by atoms with van der Waals surface area (Å²) in [6.45, 7) is 1.03. The van der Waals surface area contributed by atoms with Gasteiger partial charge in [0.2, 0.25) is 0 Å². The van der Waals surface area contributed by atoms with Gasteiger partial charge in [-0.2, -0.15) is 0 Å². The SMILES string of the molecule is C#CCCNC(=O)NCC(C)(O)C(=O)O. The molecule has 6 nitrogen and oxygen atoms in total. The molecule has 0 spiro atoms. The Morgan fingerprint density at radius 3 is 2.53 bits per heavy atom. The zero-order chi connectivity index (χ0) is 11.9. The molecule has 0 radical (unpaired) electrons. The third-order valence-electron chi connectivity index (χ3n) is 1.61. The first-order valence-electron chi connectivity index (χ1n) is 4.31. The molecule has 0 aromatic rings. The van der Waals surface area contributed by atoms with Crippen LogP contribution in [0, 0.1) is 12.3 Å². The lowest BCUT2D eigenvalue weighted by Crippen LogP contribution is -2.49. The van der Waals surface area contributed by atoms with Crippen LogP contribution in [0.15, 0.2) is 0 Å². The lowest BCUT2D eigenvalue weighted by Gasteiger charge is -2.18. The Labute approximate surface area is 87.7 Å². The number of carbonyl (C=O) groups excluding carboxylic acids is 1. The zero-order valence-corrected chi connectivity index (χ0v) is 8.41. The van der Waals surface area contributed by atoms with Gasteiger partial charge < -0.3 is 20.8 Å². The highest BCUT2D eigenvalue weighted by atomic mass is 16.4. The topological polar surface area (TPSA) is 98.7 Å². The van der Waals surface area contributed by atoms with Gasteiger partial charge in [0, 0.05) is 13.0 Å². The Hall–Kier alpha value is -1.74. The largest absolute Gasteiger partial charge is 0.479 e. The van der Waals surface area contributed by atoms with Gasteiger partial charge in [0.05, 0.1) is 6.54 Å². The Morgan fingerprint density at radius 1 is 1.47 bits per heavy atom. The molecular formula is C9H14N2O4. The second-order valence-corrected chi connectivity index (χ2v) is 3.14. The molecule has 0 bridgehead atoms. The fourth-order valence-electron chi connectivity index (χ4n) is 0.639. The Bertz CT molecular complexity index is 280. The lowest BCUT2D eigenvalue weighted by molar-refractivity contribution is -0.155. The van der Waals surface area contributed by atoms with Crippen LogP contribution in [0.4, 0.5) is 4.79 Å². The number of aliphatic hydroxyl groups is 1. The molecule has 0 aliphatic heterocycles. The van der Waals surface area contributed by atoms with Gasteiger partial charge in [-0.25, -0.2) is 9.59 Å². The quantitative estimate of drug-likeness (QED) is 0.353. The average molecular weight is 214 g/mol. The van der Waals surface area contributed by atoms with Crippen molar-refractivity contribution in [3.8, 4) is 12.3 Å². The number of carboxylic acids is 1. The van der Waals surface area contributed by atoms with E-state index in [2.05, 4.69) is 16.6 Å². The lowest BCUT2D eigenvalue weighted by atomic mass is 10.1. The number of hydrogen-bond donors (Lipinski definition) is 4. The fourth-order valence-corrected chi connectivity index (χ4v) is 0.639. The molecule has 0 fully saturated rings. The van der Waals surface area contributed by atoms with Crippen molar-refractivity contribution in [1.29, 1.82) is 0 Å². The monoisotopic (exact) mass is 214 g/mol. The molecular weight excluding hydrogens is 200 g/mol. The van der Waals surface area contributed by atoms with E-state index in [0.717, 1.165) is 6.92 Å².